The Hall–Kier alpha value is -3.22. The van der Waals surface area contributed by atoms with Crippen LogP contribution in [0, 0.1) is 0 Å². The minimum Gasteiger partial charge on any atom is -0.507 e. The van der Waals surface area contributed by atoms with Gasteiger partial charge in [0.2, 0.25) is 5.78 Å². The second-order valence-corrected chi connectivity index (χ2v) is 15.9. The molecule has 2 aliphatic carbocycles. The van der Waals surface area contributed by atoms with Gasteiger partial charge in [-0.15, -0.1) is 0 Å². The predicted molar refractivity (Wildman–Crippen MR) is 193 cm³/mol. The molecule has 3 fully saturated rings. The maximum absolute atomic E-state index is 13.8. The first-order valence-corrected chi connectivity index (χ1v) is 19.2. The van der Waals surface area contributed by atoms with Crippen LogP contribution < -0.4 is 0 Å². The van der Waals surface area contributed by atoms with E-state index in [0.717, 1.165) is 0 Å². The van der Waals surface area contributed by atoms with Gasteiger partial charge in [-0.3, -0.25) is 9.59 Å². The lowest BCUT2D eigenvalue weighted by Gasteiger charge is -2.48. The number of ether oxygens (including phenoxy) is 6. The lowest BCUT2D eigenvalue weighted by molar-refractivity contribution is -0.331. The molecular weight excluding hydrogens is 718 g/mol. The number of rotatable bonds is 8. The smallest absolute Gasteiger partial charge is 0.202 e. The monoisotopic (exact) mass is 771 g/mol. The molecule has 0 radical (unpaired) electrons. The van der Waals surface area contributed by atoms with Crippen molar-refractivity contribution in [2.24, 2.45) is 0 Å². The number of likely N-dealkylation sites (N-methyl/N-ethyl adjacent to an activating group) is 1. The first-order chi connectivity index (χ1) is 26.0. The molecule has 3 saturated heterocycles. The van der Waals surface area contributed by atoms with Gasteiger partial charge >= 0.3 is 0 Å². The standard InChI is InChI=1S/C40H53NO14/c1-7-40(49)14-13-21-30(36(48)32-31(34(21)46)35(47)29-20(33(32)45)9-8-10-24(29)43)39(40)55-27-15-22(41(5)6)37(18(3)51-27)54-28-16-25(44)38(19(4)52-28)53-26-12-11-23(42)17(2)50-26/h8-10,17-19,22-23,25-28,37-39,42-44,46,48-49H,7,11-16H2,1-6H3/t17?,18?,19?,22?,23?,25?,26?,27?,28?,37?,38?,39-,40-/m1/s1. The van der Waals surface area contributed by atoms with Crippen molar-refractivity contribution in [2.75, 3.05) is 14.1 Å². The second kappa shape index (κ2) is 15.3. The van der Waals surface area contributed by atoms with E-state index in [0.29, 0.717) is 12.8 Å². The van der Waals surface area contributed by atoms with E-state index < -0.39 is 107 Å². The maximum Gasteiger partial charge on any atom is 0.202 e. The summed E-state index contributed by atoms with van der Waals surface area (Å²) in [5.74, 6) is -3.05. The number of aliphatic hydroxyl groups excluding tert-OH is 2. The number of hydrogen-bond donors (Lipinski definition) is 6. The highest BCUT2D eigenvalue weighted by Gasteiger charge is 2.51. The summed E-state index contributed by atoms with van der Waals surface area (Å²) in [4.78, 5) is 29.4. The molecule has 302 valence electrons. The summed E-state index contributed by atoms with van der Waals surface area (Å²) in [6.07, 6.45) is -6.00. The Morgan fingerprint density at radius 3 is 2.07 bits per heavy atom. The Bertz CT molecular complexity index is 1790. The van der Waals surface area contributed by atoms with Gasteiger partial charge in [0, 0.05) is 42.0 Å². The molecule has 0 amide bonds. The third-order valence-electron chi connectivity index (χ3n) is 12.2. The van der Waals surface area contributed by atoms with Gasteiger partial charge in [-0.2, -0.15) is 0 Å². The fraction of sp³-hybridized carbons (Fsp3) is 0.650. The fourth-order valence-electron chi connectivity index (χ4n) is 8.95. The summed E-state index contributed by atoms with van der Waals surface area (Å²) in [5, 5.41) is 67.0. The average Bonchev–Trinajstić information content (AvgIpc) is 3.13. The molecule has 7 rings (SSSR count). The SMILES string of the molecule is CC[C@@]1(O)CCc2c(O)c3c(c(O)c2[C@H]1OC1CC(N(C)C)C(OC2CC(O)C(OC4CCC(O)C(C)O4)C(C)O2)C(C)O1)C(=O)c1cccc(O)c1C3=O. The fourth-order valence-corrected chi connectivity index (χ4v) is 8.95. The number of benzene rings is 2. The molecule has 0 bridgehead atoms. The number of ketones is 2. The Morgan fingerprint density at radius 1 is 0.782 bits per heavy atom. The van der Waals surface area contributed by atoms with Crippen LogP contribution >= 0.6 is 0 Å². The van der Waals surface area contributed by atoms with Crippen LogP contribution in [0.15, 0.2) is 18.2 Å². The Kier molecular flexibility index (Phi) is 11.1. The number of phenols is 3. The lowest BCUT2D eigenvalue weighted by atomic mass is 9.71. The summed E-state index contributed by atoms with van der Waals surface area (Å²) < 4.78 is 37.6. The first-order valence-electron chi connectivity index (χ1n) is 19.2. The molecular formula is C40H53NO14. The zero-order valence-electron chi connectivity index (χ0n) is 32.0. The first kappa shape index (κ1) is 40.0. The van der Waals surface area contributed by atoms with E-state index in [2.05, 4.69) is 0 Å². The van der Waals surface area contributed by atoms with Crippen LogP contribution in [0.25, 0.3) is 0 Å². The number of carbonyl (C=O) groups is 2. The zero-order chi connectivity index (χ0) is 39.7. The zero-order valence-corrected chi connectivity index (χ0v) is 32.0. The van der Waals surface area contributed by atoms with Crippen LogP contribution in [0.4, 0.5) is 0 Å². The Balaban J connectivity index is 1.10. The third-order valence-corrected chi connectivity index (χ3v) is 12.2. The van der Waals surface area contributed by atoms with Crippen LogP contribution in [0.2, 0.25) is 0 Å². The van der Waals surface area contributed by atoms with Crippen molar-refractivity contribution in [3.05, 3.63) is 51.6 Å². The van der Waals surface area contributed by atoms with Gasteiger partial charge in [-0.05, 0) is 66.6 Å². The van der Waals surface area contributed by atoms with Crippen molar-refractivity contribution in [2.45, 2.75) is 152 Å². The summed E-state index contributed by atoms with van der Waals surface area (Å²) >= 11 is 0. The Labute approximate surface area is 319 Å². The molecule has 0 saturated carbocycles. The topological polar surface area (TPSA) is 214 Å². The van der Waals surface area contributed by atoms with Gasteiger partial charge in [-0.25, -0.2) is 0 Å². The average molecular weight is 772 g/mol. The number of carbonyl (C=O) groups excluding carboxylic acids is 2. The molecule has 2 aromatic carbocycles. The molecule has 0 aromatic heterocycles. The van der Waals surface area contributed by atoms with Gasteiger partial charge in [-0.1, -0.05) is 19.1 Å². The van der Waals surface area contributed by atoms with Gasteiger partial charge in [0.15, 0.2) is 24.7 Å². The van der Waals surface area contributed by atoms with E-state index in [4.69, 9.17) is 28.4 Å². The molecule has 0 spiro atoms. The molecule has 13 atom stereocenters. The molecule has 5 aliphatic rings. The summed E-state index contributed by atoms with van der Waals surface area (Å²) in [6, 6.07) is 3.74. The minimum atomic E-state index is -1.54. The summed E-state index contributed by atoms with van der Waals surface area (Å²) in [6.45, 7) is 7.16. The molecule has 3 aliphatic heterocycles. The van der Waals surface area contributed by atoms with Crippen molar-refractivity contribution in [3.63, 3.8) is 0 Å². The molecule has 2 aromatic rings. The minimum absolute atomic E-state index is 0.00671. The van der Waals surface area contributed by atoms with E-state index in [1.54, 1.807) is 20.8 Å². The normalized spacial score (nSPS) is 37.7. The summed E-state index contributed by atoms with van der Waals surface area (Å²) in [7, 11) is 3.77. The van der Waals surface area contributed by atoms with Crippen molar-refractivity contribution in [3.8, 4) is 17.2 Å². The van der Waals surface area contributed by atoms with Crippen molar-refractivity contribution < 1.29 is 68.6 Å². The number of hydrogen-bond acceptors (Lipinski definition) is 15. The second-order valence-electron chi connectivity index (χ2n) is 15.9. The van der Waals surface area contributed by atoms with E-state index in [1.807, 2.05) is 25.9 Å². The maximum atomic E-state index is 13.8. The van der Waals surface area contributed by atoms with Gasteiger partial charge in [0.1, 0.15) is 35.6 Å². The van der Waals surface area contributed by atoms with Crippen molar-refractivity contribution in [1.29, 1.82) is 0 Å². The number of phenolic OH excluding ortho intramolecular Hbond substituents is 3. The van der Waals surface area contributed by atoms with E-state index in [1.165, 1.54) is 18.2 Å². The predicted octanol–water partition coefficient (Wildman–Crippen LogP) is 2.94. The van der Waals surface area contributed by atoms with E-state index >= 15 is 0 Å². The van der Waals surface area contributed by atoms with Crippen LogP contribution in [-0.2, 0) is 34.8 Å². The van der Waals surface area contributed by atoms with E-state index in [9.17, 15) is 40.2 Å². The highest BCUT2D eigenvalue weighted by molar-refractivity contribution is 6.31. The molecule has 15 heteroatoms. The lowest BCUT2D eigenvalue weighted by Crippen LogP contribution is -2.58. The number of nitrogens with zero attached hydrogens (tertiary/aromatic N) is 1. The Morgan fingerprint density at radius 2 is 1.42 bits per heavy atom. The molecule has 15 nitrogen and oxygen atoms in total. The number of fused-ring (bicyclic) bond motifs is 3. The number of aliphatic hydroxyl groups is 3. The van der Waals surface area contributed by atoms with Gasteiger partial charge in [0.25, 0.3) is 0 Å². The van der Waals surface area contributed by atoms with Crippen LogP contribution in [0.3, 0.4) is 0 Å². The van der Waals surface area contributed by atoms with Crippen LogP contribution in [0.1, 0.15) is 115 Å². The third kappa shape index (κ3) is 7.06. The molecule has 6 N–H and O–H groups in total. The quantitative estimate of drug-likeness (QED) is 0.182. The molecule has 55 heavy (non-hydrogen) atoms. The number of aromatic hydroxyl groups is 3. The highest BCUT2D eigenvalue weighted by Crippen LogP contribution is 2.54. The van der Waals surface area contributed by atoms with E-state index in [-0.39, 0.29) is 66.5 Å². The molecule has 11 unspecified atom stereocenters. The van der Waals surface area contributed by atoms with Crippen molar-refractivity contribution >= 4 is 11.6 Å². The van der Waals surface area contributed by atoms with Gasteiger partial charge < -0.3 is 64.0 Å². The largest absolute Gasteiger partial charge is 0.507 e. The highest BCUT2D eigenvalue weighted by atomic mass is 16.7. The van der Waals surface area contributed by atoms with Crippen LogP contribution in [0.5, 0.6) is 17.2 Å². The van der Waals surface area contributed by atoms with Crippen LogP contribution in [-0.4, -0.2) is 134 Å². The molecule has 3 heterocycles. The van der Waals surface area contributed by atoms with Gasteiger partial charge in [0.05, 0.1) is 52.8 Å². The van der Waals surface area contributed by atoms with Crippen molar-refractivity contribution in [1.82, 2.24) is 4.90 Å². The summed E-state index contributed by atoms with van der Waals surface area (Å²) in [5.41, 5.74) is -2.55.